The molecule has 3 fully saturated rings. The van der Waals surface area contributed by atoms with Crippen LogP contribution in [0.5, 0.6) is 0 Å². The highest BCUT2D eigenvalue weighted by Gasteiger charge is 2.53. The number of cyclic esters (lactones) is 1. The first-order chi connectivity index (χ1) is 29.8. The first kappa shape index (κ1) is 52.3. The second-order valence-electron chi connectivity index (χ2n) is 19.2. The van der Waals surface area contributed by atoms with E-state index in [-0.39, 0.29) is 48.7 Å². The molecule has 3 heterocycles. The Bertz CT molecular complexity index is 1690. The summed E-state index contributed by atoms with van der Waals surface area (Å²) < 4.78 is 23.8. The van der Waals surface area contributed by atoms with Gasteiger partial charge in [-0.15, -0.1) is 0 Å². The van der Waals surface area contributed by atoms with Gasteiger partial charge in [0.2, 0.25) is 5.79 Å². The molecule has 3 aliphatic heterocycles. The van der Waals surface area contributed by atoms with Gasteiger partial charge >= 0.3 is 5.97 Å². The first-order valence-corrected chi connectivity index (χ1v) is 23.4. The van der Waals surface area contributed by atoms with E-state index in [2.05, 4.69) is 0 Å². The molecule has 2 saturated heterocycles. The predicted octanol–water partition coefficient (Wildman–Crippen LogP) is 6.56. The average molecular weight is 884 g/mol. The number of fused-ring (bicyclic) bond motifs is 3. The third-order valence-electron chi connectivity index (χ3n) is 14.2. The van der Waals surface area contributed by atoms with Gasteiger partial charge in [-0.05, 0) is 113 Å². The lowest BCUT2D eigenvalue weighted by molar-refractivity contribution is -0.265. The SMILES string of the molecule is COC1CCC(C[C@@H](C)[C@@H]2CC(=O)[C@H](C)/C=C(\C)[C@@H](O)[C@@H](O)C(=O)[C@H](C)C[C@H](C)/C=C/C=CC=C(C)[C@@H](OC)C[C@@H]3CC[C@@H](C)[C@@](O)(O3)C(=O)C(=O)N3CCCC[C@H]3C(=O)O2)CC1. The Balaban J connectivity index is 1.67. The number of aliphatic hydroxyl groups is 3. The molecule has 0 aromatic heterocycles. The van der Waals surface area contributed by atoms with E-state index >= 15 is 0 Å². The third-order valence-corrected chi connectivity index (χ3v) is 14.2. The van der Waals surface area contributed by atoms with Crippen LogP contribution in [0.1, 0.15) is 132 Å². The molecule has 12 atom stereocenters. The van der Waals surface area contributed by atoms with Gasteiger partial charge in [0, 0.05) is 51.4 Å². The second kappa shape index (κ2) is 24.3. The Morgan fingerprint density at radius 1 is 0.841 bits per heavy atom. The zero-order chi connectivity index (χ0) is 46.6. The van der Waals surface area contributed by atoms with Crippen LogP contribution in [0.3, 0.4) is 0 Å². The minimum atomic E-state index is -2.41. The molecule has 1 amide bonds. The molecule has 4 rings (SSSR count). The second-order valence-corrected chi connectivity index (χ2v) is 19.2. The highest BCUT2D eigenvalue weighted by atomic mass is 16.6. The number of rotatable bonds is 5. The number of methoxy groups -OCH3 is 2. The lowest BCUT2D eigenvalue weighted by Crippen LogP contribution is -2.61. The molecule has 3 N–H and O–H groups in total. The van der Waals surface area contributed by atoms with Crippen molar-refractivity contribution >= 4 is 29.2 Å². The molecule has 0 spiro atoms. The molecule has 13 heteroatoms. The number of carbonyl (C=O) groups excluding carboxylic acids is 5. The highest BCUT2D eigenvalue weighted by molar-refractivity contribution is 6.39. The number of aliphatic hydroxyl groups excluding tert-OH is 2. The van der Waals surface area contributed by atoms with Crippen molar-refractivity contribution in [2.24, 2.45) is 35.5 Å². The number of carbonyl (C=O) groups is 5. The Morgan fingerprint density at radius 3 is 2.21 bits per heavy atom. The van der Waals surface area contributed by atoms with Gasteiger partial charge in [0.05, 0.1) is 18.3 Å². The maximum atomic E-state index is 14.3. The van der Waals surface area contributed by atoms with Gasteiger partial charge in [0.1, 0.15) is 30.1 Å². The van der Waals surface area contributed by atoms with E-state index in [4.69, 9.17) is 18.9 Å². The van der Waals surface area contributed by atoms with Crippen LogP contribution in [0.4, 0.5) is 0 Å². The summed E-state index contributed by atoms with van der Waals surface area (Å²) in [6, 6.07) is -1.11. The number of ether oxygens (including phenoxy) is 4. The highest BCUT2D eigenvalue weighted by Crippen LogP contribution is 2.37. The lowest BCUT2D eigenvalue weighted by Gasteiger charge is -2.42. The fourth-order valence-electron chi connectivity index (χ4n) is 9.83. The zero-order valence-electron chi connectivity index (χ0n) is 39.3. The number of nitrogens with zero attached hydrogens (tertiary/aromatic N) is 1. The molecule has 13 nitrogen and oxygen atoms in total. The Labute approximate surface area is 375 Å². The Kier molecular flexibility index (Phi) is 20.1. The first-order valence-electron chi connectivity index (χ1n) is 23.4. The van der Waals surface area contributed by atoms with E-state index in [1.807, 2.05) is 51.2 Å². The third kappa shape index (κ3) is 14.1. The van der Waals surface area contributed by atoms with Gasteiger partial charge in [-0.25, -0.2) is 4.79 Å². The van der Waals surface area contributed by atoms with Crippen molar-refractivity contribution in [3.8, 4) is 0 Å². The average Bonchev–Trinajstić information content (AvgIpc) is 3.27. The monoisotopic (exact) mass is 884 g/mol. The number of Topliss-reactive ketones (excluding diaryl/α,β-unsaturated/α-hetero) is 3. The smallest absolute Gasteiger partial charge is 0.329 e. The summed E-state index contributed by atoms with van der Waals surface area (Å²) in [5, 5.41) is 34.0. The zero-order valence-corrected chi connectivity index (χ0v) is 39.3. The number of amides is 1. The van der Waals surface area contributed by atoms with E-state index in [0.29, 0.717) is 50.9 Å². The number of allylic oxidation sites excluding steroid dienone is 6. The van der Waals surface area contributed by atoms with Crippen LogP contribution < -0.4 is 0 Å². The summed E-state index contributed by atoms with van der Waals surface area (Å²) in [4.78, 5) is 71.1. The van der Waals surface area contributed by atoms with Crippen molar-refractivity contribution in [1.82, 2.24) is 4.90 Å². The standard InChI is InChI=1S/C50H77NO12/c1-30-15-11-10-12-16-31(2)42(61-9)28-39-21-18-36(7)50(59,63-39)47(56)48(57)51-24-14-13-17-40(51)49(58)62-43(33(4)27-37-19-22-38(60-8)23-20-37)29-41(52)32(3)26-35(6)45(54)46(55)44(53)34(5)25-30/h10-12,15-16,26,30,32-34,36-40,42-43,45-46,54-55,59H,13-14,17-25,27-29H2,1-9H3/b12-10?,15-11+,31-16?,35-26+/t30-,32-,33-,34-,36-,37?,38?,39+,40+,42+,43+,45-,46+,50-/m1/s1. The van der Waals surface area contributed by atoms with Crippen molar-refractivity contribution < 1.29 is 58.2 Å². The fourth-order valence-corrected chi connectivity index (χ4v) is 9.83. The van der Waals surface area contributed by atoms with Gasteiger partial charge in [-0.1, -0.05) is 71.1 Å². The Morgan fingerprint density at radius 2 is 1.54 bits per heavy atom. The molecule has 0 radical (unpaired) electrons. The minimum absolute atomic E-state index is 0.0233. The molecule has 0 unspecified atom stereocenters. The summed E-state index contributed by atoms with van der Waals surface area (Å²) >= 11 is 0. The van der Waals surface area contributed by atoms with Gasteiger partial charge < -0.3 is 39.2 Å². The number of ketones is 3. The normalized spacial score (nSPS) is 38.8. The fraction of sp³-hybridized carbons (Fsp3) is 0.740. The summed E-state index contributed by atoms with van der Waals surface area (Å²) in [5.74, 6) is -7.99. The van der Waals surface area contributed by atoms with Gasteiger partial charge in [0.25, 0.3) is 11.7 Å². The minimum Gasteiger partial charge on any atom is -0.460 e. The van der Waals surface area contributed by atoms with Crippen molar-refractivity contribution in [3.63, 3.8) is 0 Å². The molecule has 0 aromatic rings. The van der Waals surface area contributed by atoms with Crippen LogP contribution in [0, 0.1) is 35.5 Å². The lowest BCUT2D eigenvalue weighted by atomic mass is 9.79. The largest absolute Gasteiger partial charge is 0.460 e. The van der Waals surface area contributed by atoms with Crippen LogP contribution in [0.2, 0.25) is 0 Å². The molecule has 4 aliphatic rings. The summed E-state index contributed by atoms with van der Waals surface area (Å²) in [5.41, 5.74) is 1.15. The maximum absolute atomic E-state index is 14.3. The molecule has 63 heavy (non-hydrogen) atoms. The summed E-state index contributed by atoms with van der Waals surface area (Å²) in [6.45, 7) is 12.6. The van der Waals surface area contributed by atoms with Gasteiger partial charge in [-0.2, -0.15) is 0 Å². The number of esters is 1. The number of hydrogen-bond donors (Lipinski definition) is 3. The molecule has 2 bridgehead atoms. The molecule has 1 aliphatic carbocycles. The van der Waals surface area contributed by atoms with Crippen LogP contribution in [-0.4, -0.2) is 119 Å². The predicted molar refractivity (Wildman–Crippen MR) is 239 cm³/mol. The van der Waals surface area contributed by atoms with Crippen LogP contribution in [-0.2, 0) is 42.9 Å². The van der Waals surface area contributed by atoms with Crippen molar-refractivity contribution in [3.05, 3.63) is 47.6 Å². The van der Waals surface area contributed by atoms with E-state index in [1.165, 1.54) is 4.90 Å². The van der Waals surface area contributed by atoms with Gasteiger partial charge in [0.15, 0.2) is 5.78 Å². The Hall–Kier alpha value is -3.33. The van der Waals surface area contributed by atoms with Crippen molar-refractivity contribution in [2.45, 2.75) is 180 Å². The quantitative estimate of drug-likeness (QED) is 0.154. The topological polar surface area (TPSA) is 186 Å². The van der Waals surface area contributed by atoms with E-state index < -0.39 is 83.5 Å². The molecular weight excluding hydrogens is 807 g/mol. The van der Waals surface area contributed by atoms with E-state index in [9.17, 15) is 39.3 Å². The number of hydrogen-bond acceptors (Lipinski definition) is 12. The number of piperidine rings is 1. The van der Waals surface area contributed by atoms with Gasteiger partial charge in [-0.3, -0.25) is 19.2 Å². The van der Waals surface area contributed by atoms with Crippen molar-refractivity contribution in [1.29, 1.82) is 0 Å². The van der Waals surface area contributed by atoms with E-state index in [0.717, 1.165) is 31.3 Å². The molecule has 354 valence electrons. The summed E-state index contributed by atoms with van der Waals surface area (Å²) in [7, 11) is 3.29. The van der Waals surface area contributed by atoms with Crippen LogP contribution in [0.15, 0.2) is 47.6 Å². The van der Waals surface area contributed by atoms with Crippen molar-refractivity contribution in [2.75, 3.05) is 20.8 Å². The van der Waals surface area contributed by atoms with Crippen LogP contribution >= 0.6 is 0 Å². The summed E-state index contributed by atoms with van der Waals surface area (Å²) in [6.07, 6.45) is 13.4. The van der Waals surface area contributed by atoms with Crippen LogP contribution in [0.25, 0.3) is 0 Å². The molecule has 1 saturated carbocycles. The molecular formula is C50H77NO12. The van der Waals surface area contributed by atoms with E-state index in [1.54, 1.807) is 48.0 Å². The maximum Gasteiger partial charge on any atom is 0.329 e. The molecule has 0 aromatic carbocycles.